The highest BCUT2D eigenvalue weighted by atomic mass is 32.1. The number of aromatic nitrogens is 2. The second-order valence-corrected chi connectivity index (χ2v) is 9.52. The molecule has 4 aromatic carbocycles. The number of para-hydroxylation sites is 1. The largest absolute Gasteiger partial charge is 0.422 e. The Labute approximate surface area is 220 Å². The van der Waals surface area contributed by atoms with E-state index in [0.717, 1.165) is 33.2 Å². The summed E-state index contributed by atoms with van der Waals surface area (Å²) in [6.07, 6.45) is 0. The van der Waals surface area contributed by atoms with E-state index in [-0.39, 0.29) is 10.8 Å². The fourth-order valence-electron chi connectivity index (χ4n) is 4.18. The van der Waals surface area contributed by atoms with Crippen molar-refractivity contribution in [2.75, 3.05) is 0 Å². The van der Waals surface area contributed by atoms with E-state index in [9.17, 15) is 9.59 Å². The molecule has 0 fully saturated rings. The number of ketones is 1. The molecule has 0 N–H and O–H groups in total. The first-order valence-electron chi connectivity index (χ1n) is 11.9. The van der Waals surface area contributed by atoms with E-state index in [4.69, 9.17) is 4.42 Å². The predicted octanol–water partition coefficient (Wildman–Crippen LogP) is 5.75. The van der Waals surface area contributed by atoms with Crippen LogP contribution in [0.5, 0.6) is 0 Å². The molecule has 2 heterocycles. The molecule has 2 aromatic heterocycles. The van der Waals surface area contributed by atoms with Gasteiger partial charge in [-0.2, -0.15) is 10.2 Å². The minimum absolute atomic E-state index is 0.204. The summed E-state index contributed by atoms with van der Waals surface area (Å²) < 4.78 is 7.19. The highest BCUT2D eigenvalue weighted by molar-refractivity contribution is 7.11. The summed E-state index contributed by atoms with van der Waals surface area (Å²) in [5.74, 6) is -0.204. The number of benzene rings is 4. The molecule has 0 saturated carbocycles. The number of hydrogen-bond donors (Lipinski definition) is 0. The van der Waals surface area contributed by atoms with Crippen LogP contribution in [0.25, 0.3) is 27.4 Å². The zero-order chi connectivity index (χ0) is 26.1. The van der Waals surface area contributed by atoms with Crippen molar-refractivity contribution in [2.24, 2.45) is 10.2 Å². The number of fused-ring (bicyclic) bond motifs is 3. The van der Waals surface area contributed by atoms with Crippen molar-refractivity contribution in [1.29, 1.82) is 0 Å². The lowest BCUT2D eigenvalue weighted by molar-refractivity contribution is 0.103. The van der Waals surface area contributed by atoms with Crippen LogP contribution in [0.15, 0.2) is 123 Å². The molecule has 38 heavy (non-hydrogen) atoms. The maximum atomic E-state index is 13.1. The molecular weight excluding hydrogens is 496 g/mol. The van der Waals surface area contributed by atoms with Gasteiger partial charge in [0.25, 0.3) is 0 Å². The van der Waals surface area contributed by atoms with Crippen LogP contribution in [0.2, 0.25) is 0 Å². The van der Waals surface area contributed by atoms with Gasteiger partial charge in [-0.3, -0.25) is 4.79 Å². The molecule has 0 aliphatic rings. The lowest BCUT2D eigenvalue weighted by Gasteiger charge is -2.05. The second-order valence-electron chi connectivity index (χ2n) is 8.56. The maximum Gasteiger partial charge on any atom is 0.345 e. The average molecular weight is 517 g/mol. The van der Waals surface area contributed by atoms with Gasteiger partial charge in [-0.1, -0.05) is 90.2 Å². The molecule has 0 bridgehead atoms. The maximum absolute atomic E-state index is 13.1. The molecule has 0 radical (unpaired) electrons. The zero-order valence-electron chi connectivity index (χ0n) is 20.2. The van der Waals surface area contributed by atoms with Crippen molar-refractivity contribution >= 4 is 44.6 Å². The third-order valence-corrected chi connectivity index (χ3v) is 7.01. The van der Waals surface area contributed by atoms with Crippen molar-refractivity contribution in [1.82, 2.24) is 9.78 Å². The second kappa shape index (κ2) is 9.84. The summed E-state index contributed by atoms with van der Waals surface area (Å²) >= 11 is 1.13. The van der Waals surface area contributed by atoms with Gasteiger partial charge in [0.1, 0.15) is 5.58 Å². The van der Waals surface area contributed by atoms with E-state index < -0.39 is 5.63 Å². The highest BCUT2D eigenvalue weighted by Crippen LogP contribution is 2.25. The Kier molecular flexibility index (Phi) is 6.07. The molecule has 7 nitrogen and oxygen atoms in total. The summed E-state index contributed by atoms with van der Waals surface area (Å²) in [6.45, 7) is 1.71. The van der Waals surface area contributed by atoms with Crippen LogP contribution >= 0.6 is 11.3 Å². The van der Waals surface area contributed by atoms with Crippen LogP contribution in [0.3, 0.4) is 0 Å². The molecule has 0 spiro atoms. The molecular formula is C30H20N4O3S. The SMILES string of the molecule is C/C(=N\N=c1\sc(C(=O)c2ccccc2)nn1-c1ccccc1)c1cc2c(ccc3ccccc32)oc1=O. The van der Waals surface area contributed by atoms with E-state index in [1.54, 1.807) is 35.9 Å². The molecule has 6 aromatic rings. The van der Waals surface area contributed by atoms with Gasteiger partial charge in [-0.15, -0.1) is 5.10 Å². The number of hydrogen-bond acceptors (Lipinski definition) is 7. The first-order valence-corrected chi connectivity index (χ1v) is 12.7. The van der Waals surface area contributed by atoms with Gasteiger partial charge in [-0.05, 0) is 42.0 Å². The monoisotopic (exact) mass is 516 g/mol. The third-order valence-electron chi connectivity index (χ3n) is 6.11. The Morgan fingerprint density at radius 1 is 0.868 bits per heavy atom. The minimum atomic E-state index is -0.496. The first kappa shape index (κ1) is 23.4. The number of rotatable bonds is 5. The van der Waals surface area contributed by atoms with E-state index in [1.165, 1.54) is 0 Å². The summed E-state index contributed by atoms with van der Waals surface area (Å²) in [5.41, 5.74) is 1.99. The molecule has 0 saturated heterocycles. The predicted molar refractivity (Wildman–Crippen MR) is 149 cm³/mol. The Morgan fingerprint density at radius 3 is 2.37 bits per heavy atom. The van der Waals surface area contributed by atoms with Gasteiger partial charge in [-0.25, -0.2) is 9.48 Å². The molecule has 6 rings (SSSR count). The van der Waals surface area contributed by atoms with Crippen molar-refractivity contribution in [3.8, 4) is 5.69 Å². The molecule has 184 valence electrons. The standard InChI is InChI=1S/C30H20N4O3S/c1-19(24-18-25-23-15-9-8-10-20(23)16-17-26(25)37-29(24)36)31-32-30-34(22-13-6-3-7-14-22)33-28(38-30)27(35)21-11-4-2-5-12-21/h2-18H,1H3/b31-19+,32-30+. The molecule has 0 aliphatic carbocycles. The topological polar surface area (TPSA) is 89.8 Å². The van der Waals surface area contributed by atoms with Gasteiger partial charge in [0, 0.05) is 10.9 Å². The Bertz CT molecular complexity index is 1970. The summed E-state index contributed by atoms with van der Waals surface area (Å²) in [6, 6.07) is 31.8. The van der Waals surface area contributed by atoms with E-state index in [0.29, 0.717) is 27.2 Å². The van der Waals surface area contributed by atoms with E-state index in [1.807, 2.05) is 78.9 Å². The number of carbonyl (C=O) groups is 1. The van der Waals surface area contributed by atoms with Crippen LogP contribution in [-0.2, 0) is 0 Å². The van der Waals surface area contributed by atoms with E-state index >= 15 is 0 Å². The van der Waals surface area contributed by atoms with Gasteiger partial charge in [0.05, 0.1) is 17.0 Å². The van der Waals surface area contributed by atoms with Gasteiger partial charge in [0.2, 0.25) is 10.6 Å². The van der Waals surface area contributed by atoms with Crippen LogP contribution in [0, 0.1) is 0 Å². The fraction of sp³-hybridized carbons (Fsp3) is 0.0333. The average Bonchev–Trinajstić information content (AvgIpc) is 3.40. The summed E-state index contributed by atoms with van der Waals surface area (Å²) in [5, 5.41) is 16.4. The normalized spacial score (nSPS) is 12.3. The summed E-state index contributed by atoms with van der Waals surface area (Å²) in [7, 11) is 0. The van der Waals surface area contributed by atoms with Gasteiger partial charge in [0.15, 0.2) is 5.01 Å². The van der Waals surface area contributed by atoms with Gasteiger partial charge >= 0.3 is 5.63 Å². The number of carbonyl (C=O) groups excluding carboxylic acids is 1. The first-order chi connectivity index (χ1) is 18.6. The molecule has 0 aliphatic heterocycles. The van der Waals surface area contributed by atoms with Crippen LogP contribution < -0.4 is 10.4 Å². The highest BCUT2D eigenvalue weighted by Gasteiger charge is 2.17. The Morgan fingerprint density at radius 2 is 1.58 bits per heavy atom. The van der Waals surface area contributed by atoms with Crippen molar-refractivity contribution in [3.05, 3.63) is 134 Å². The Balaban J connectivity index is 1.47. The van der Waals surface area contributed by atoms with Crippen molar-refractivity contribution < 1.29 is 9.21 Å². The molecule has 0 amide bonds. The van der Waals surface area contributed by atoms with Crippen LogP contribution in [0.4, 0.5) is 0 Å². The smallest absolute Gasteiger partial charge is 0.345 e. The van der Waals surface area contributed by atoms with Crippen LogP contribution in [0.1, 0.15) is 27.9 Å². The molecule has 8 heteroatoms. The van der Waals surface area contributed by atoms with Crippen molar-refractivity contribution in [2.45, 2.75) is 6.92 Å². The third kappa shape index (κ3) is 4.38. The molecule has 0 unspecified atom stereocenters. The van der Waals surface area contributed by atoms with E-state index in [2.05, 4.69) is 15.3 Å². The van der Waals surface area contributed by atoms with Crippen molar-refractivity contribution in [3.63, 3.8) is 0 Å². The van der Waals surface area contributed by atoms with Gasteiger partial charge < -0.3 is 4.42 Å². The zero-order valence-corrected chi connectivity index (χ0v) is 21.1. The lowest BCUT2D eigenvalue weighted by atomic mass is 10.0. The summed E-state index contributed by atoms with van der Waals surface area (Å²) in [4.78, 5) is 26.3. The Hall–Kier alpha value is -4.95. The number of nitrogens with zero attached hydrogens (tertiary/aromatic N) is 4. The lowest BCUT2D eigenvalue weighted by Crippen LogP contribution is -2.15. The fourth-order valence-corrected chi connectivity index (χ4v) is 5.00. The minimum Gasteiger partial charge on any atom is -0.422 e. The quantitative estimate of drug-likeness (QED) is 0.0959. The van der Waals surface area contributed by atoms with Crippen LogP contribution in [-0.4, -0.2) is 21.3 Å². The molecule has 0 atom stereocenters.